The van der Waals surface area contributed by atoms with Crippen molar-refractivity contribution in [1.29, 1.82) is 0 Å². The molecule has 0 fully saturated rings. The molecule has 3 rings (SSSR count). The van der Waals surface area contributed by atoms with Crippen LogP contribution >= 0.6 is 8.60 Å². The highest BCUT2D eigenvalue weighted by Gasteiger charge is 2.28. The van der Waals surface area contributed by atoms with Crippen LogP contribution in [0.15, 0.2) is 36.4 Å². The van der Waals surface area contributed by atoms with E-state index in [4.69, 9.17) is 13.6 Å². The Labute approximate surface area is 245 Å². The van der Waals surface area contributed by atoms with Gasteiger partial charge in [0.25, 0.3) is 0 Å². The maximum Gasteiger partial charge on any atom is 0.530 e. The molecule has 0 aromatic heterocycles. The second-order valence-corrected chi connectivity index (χ2v) is 11.4. The van der Waals surface area contributed by atoms with Gasteiger partial charge in [-0.25, -0.2) is 0 Å². The molecule has 3 aromatic carbocycles. The van der Waals surface area contributed by atoms with Crippen LogP contribution < -0.4 is 13.6 Å². The molecule has 40 heavy (non-hydrogen) atoms. The first-order valence-electron chi connectivity index (χ1n) is 15.7. The van der Waals surface area contributed by atoms with E-state index in [-0.39, 0.29) is 0 Å². The number of rotatable bonds is 15. The molecule has 0 saturated heterocycles. The molecule has 0 unspecified atom stereocenters. The van der Waals surface area contributed by atoms with Crippen LogP contribution in [0.25, 0.3) is 0 Å². The normalized spacial score (nSPS) is 11.2. The summed E-state index contributed by atoms with van der Waals surface area (Å²) >= 11 is 0. The smallest absolute Gasteiger partial charge is 0.408 e. The number of aryl methyl sites for hydroxylation is 9. The Morgan fingerprint density at radius 3 is 0.700 bits per heavy atom. The van der Waals surface area contributed by atoms with E-state index in [2.05, 4.69) is 98.7 Å². The van der Waals surface area contributed by atoms with Crippen LogP contribution in [0, 0.1) is 0 Å². The van der Waals surface area contributed by atoms with E-state index < -0.39 is 8.60 Å². The first kappa shape index (κ1) is 32.0. The van der Waals surface area contributed by atoms with Gasteiger partial charge < -0.3 is 13.6 Å². The highest BCUT2D eigenvalue weighted by molar-refractivity contribution is 7.43. The van der Waals surface area contributed by atoms with Crippen molar-refractivity contribution in [3.05, 3.63) is 86.5 Å². The van der Waals surface area contributed by atoms with E-state index >= 15 is 0 Å². The maximum atomic E-state index is 6.90. The van der Waals surface area contributed by atoms with E-state index in [9.17, 15) is 0 Å². The minimum Gasteiger partial charge on any atom is -0.408 e. The lowest BCUT2D eigenvalue weighted by atomic mass is 9.99. The van der Waals surface area contributed by atoms with Gasteiger partial charge in [0.05, 0.1) is 0 Å². The summed E-state index contributed by atoms with van der Waals surface area (Å²) in [5.41, 5.74) is 11.4. The molecule has 0 atom stereocenters. The Morgan fingerprint density at radius 1 is 0.350 bits per heavy atom. The Balaban J connectivity index is 2.19. The van der Waals surface area contributed by atoms with Crippen molar-refractivity contribution in [2.24, 2.45) is 0 Å². The Kier molecular flexibility index (Phi) is 12.4. The minimum atomic E-state index is -1.76. The second kappa shape index (κ2) is 15.5. The number of benzene rings is 3. The van der Waals surface area contributed by atoms with Crippen molar-refractivity contribution in [3.63, 3.8) is 0 Å². The largest absolute Gasteiger partial charge is 0.530 e. The van der Waals surface area contributed by atoms with Gasteiger partial charge in [-0.1, -0.05) is 98.7 Å². The van der Waals surface area contributed by atoms with Gasteiger partial charge >= 0.3 is 8.60 Å². The summed E-state index contributed by atoms with van der Waals surface area (Å²) in [6.07, 6.45) is 8.42. The Bertz CT molecular complexity index is 1030. The third kappa shape index (κ3) is 7.41. The lowest BCUT2D eigenvalue weighted by Gasteiger charge is -2.26. The Hall–Kier alpha value is -2.51. The molecule has 0 amide bonds. The molecule has 218 valence electrons. The van der Waals surface area contributed by atoms with Gasteiger partial charge in [-0.05, 0) is 108 Å². The van der Waals surface area contributed by atoms with E-state index in [0.717, 1.165) is 75.0 Å². The average molecular weight is 563 g/mol. The average Bonchev–Trinajstić information content (AvgIpc) is 3.00. The van der Waals surface area contributed by atoms with Crippen molar-refractivity contribution >= 4 is 8.60 Å². The molecule has 0 spiro atoms. The van der Waals surface area contributed by atoms with E-state index in [0.29, 0.717) is 0 Å². The fraction of sp³-hybridized carbons (Fsp3) is 0.500. The van der Waals surface area contributed by atoms with Gasteiger partial charge in [0.1, 0.15) is 17.2 Å². The lowest BCUT2D eigenvalue weighted by Crippen LogP contribution is -2.10. The predicted molar refractivity (Wildman–Crippen MR) is 173 cm³/mol. The van der Waals surface area contributed by atoms with Crippen LogP contribution in [0.3, 0.4) is 0 Å². The molecule has 3 aromatic rings. The zero-order valence-corrected chi connectivity index (χ0v) is 27.4. The molecular weight excluding hydrogens is 511 g/mol. The zero-order chi connectivity index (χ0) is 29.2. The molecule has 3 nitrogen and oxygen atoms in total. The summed E-state index contributed by atoms with van der Waals surface area (Å²) in [5.74, 6) is 2.78. The first-order chi connectivity index (χ1) is 19.4. The van der Waals surface area contributed by atoms with Crippen LogP contribution in [0.1, 0.15) is 112 Å². The molecule has 0 aliphatic heterocycles. The molecule has 0 bridgehead atoms. The summed E-state index contributed by atoms with van der Waals surface area (Å²) < 4.78 is 20.7. The predicted octanol–water partition coefficient (Wildman–Crippen LogP) is 10.5. The molecule has 0 N–H and O–H groups in total. The second-order valence-electron chi connectivity index (χ2n) is 10.4. The van der Waals surface area contributed by atoms with Crippen LogP contribution in [0.2, 0.25) is 0 Å². The molecule has 0 radical (unpaired) electrons. The topological polar surface area (TPSA) is 27.7 Å². The van der Waals surface area contributed by atoms with Gasteiger partial charge in [-0.2, -0.15) is 0 Å². The standard InChI is InChI=1S/C36H51O3P/c1-10-25-19-28(13-4)34(29(14-5)20-25)37-40(38-35-30(15-6)21-26(11-2)22-31(35)16-7)39-36-32(17-8)23-27(12-3)24-33(36)18-9/h19-24H,10-18H2,1-9H3. The fourth-order valence-electron chi connectivity index (χ4n) is 5.30. The summed E-state index contributed by atoms with van der Waals surface area (Å²) in [7, 11) is -1.76. The van der Waals surface area contributed by atoms with Crippen LogP contribution in [-0.4, -0.2) is 0 Å². The molecule has 0 aliphatic carbocycles. The van der Waals surface area contributed by atoms with Gasteiger partial charge in [-0.15, -0.1) is 0 Å². The van der Waals surface area contributed by atoms with E-state index in [1.165, 1.54) is 50.1 Å². The van der Waals surface area contributed by atoms with Gasteiger partial charge in [0, 0.05) is 0 Å². The summed E-state index contributed by atoms with van der Waals surface area (Å²) in [6, 6.07) is 13.7. The SMILES string of the molecule is CCc1cc(CC)c(OP(Oc2c(CC)cc(CC)cc2CC)Oc2c(CC)cc(CC)cc2CC)c(CC)c1. The highest BCUT2D eigenvalue weighted by atomic mass is 31.2. The lowest BCUT2D eigenvalue weighted by molar-refractivity contribution is 0.378. The molecule has 4 heteroatoms. The Morgan fingerprint density at radius 2 is 0.550 bits per heavy atom. The molecule has 0 aliphatic rings. The third-order valence-electron chi connectivity index (χ3n) is 7.92. The van der Waals surface area contributed by atoms with Crippen LogP contribution in [0.5, 0.6) is 17.2 Å². The van der Waals surface area contributed by atoms with Gasteiger partial charge in [-0.3, -0.25) is 0 Å². The maximum absolute atomic E-state index is 6.90. The summed E-state index contributed by atoms with van der Waals surface area (Å²) in [6.45, 7) is 19.8. The van der Waals surface area contributed by atoms with Gasteiger partial charge in [0.2, 0.25) is 0 Å². The van der Waals surface area contributed by atoms with Crippen molar-refractivity contribution in [1.82, 2.24) is 0 Å². The summed E-state index contributed by atoms with van der Waals surface area (Å²) in [4.78, 5) is 0. The minimum absolute atomic E-state index is 0.899. The van der Waals surface area contributed by atoms with E-state index in [1.807, 2.05) is 0 Å². The number of hydrogen-bond donors (Lipinski definition) is 0. The van der Waals surface area contributed by atoms with Crippen molar-refractivity contribution in [3.8, 4) is 17.2 Å². The monoisotopic (exact) mass is 562 g/mol. The molecule has 0 heterocycles. The van der Waals surface area contributed by atoms with E-state index in [1.54, 1.807) is 0 Å². The van der Waals surface area contributed by atoms with Gasteiger partial charge in [0.15, 0.2) is 0 Å². The summed E-state index contributed by atoms with van der Waals surface area (Å²) in [5, 5.41) is 0. The molecular formula is C36H51O3P. The quantitative estimate of drug-likeness (QED) is 0.172. The molecule has 0 saturated carbocycles. The third-order valence-corrected chi connectivity index (χ3v) is 8.91. The number of hydrogen-bond acceptors (Lipinski definition) is 3. The van der Waals surface area contributed by atoms with Crippen LogP contribution in [-0.2, 0) is 57.8 Å². The fourth-order valence-corrected chi connectivity index (χ4v) is 6.56. The van der Waals surface area contributed by atoms with Crippen molar-refractivity contribution in [2.75, 3.05) is 0 Å². The van der Waals surface area contributed by atoms with Crippen molar-refractivity contribution < 1.29 is 13.6 Å². The van der Waals surface area contributed by atoms with Crippen LogP contribution in [0.4, 0.5) is 0 Å². The van der Waals surface area contributed by atoms with Crippen molar-refractivity contribution in [2.45, 2.75) is 120 Å². The highest BCUT2D eigenvalue weighted by Crippen LogP contribution is 2.48. The zero-order valence-electron chi connectivity index (χ0n) is 26.5. The first-order valence-corrected chi connectivity index (χ1v) is 16.8.